The van der Waals surface area contributed by atoms with Gasteiger partial charge in [-0.1, -0.05) is 17.7 Å². The SMILES string of the molecule is Cc1ccc(S(=O)(=O)N2CCO[C@](C)(C[C@H](C)N(C)C)C2)cc1. The van der Waals surface area contributed by atoms with Crippen molar-refractivity contribution < 1.29 is 13.2 Å². The quantitative estimate of drug-likeness (QED) is 0.824. The van der Waals surface area contributed by atoms with Crippen LogP contribution >= 0.6 is 0 Å². The molecule has 0 spiro atoms. The van der Waals surface area contributed by atoms with Crippen molar-refractivity contribution in [1.29, 1.82) is 0 Å². The zero-order valence-electron chi connectivity index (χ0n) is 14.7. The molecular weight excluding hydrogens is 312 g/mol. The summed E-state index contributed by atoms with van der Waals surface area (Å²) in [6.07, 6.45) is 0.792. The fourth-order valence-electron chi connectivity index (χ4n) is 2.89. The standard InChI is InChI=1S/C17H28N2O3S/c1-14-6-8-16(9-7-14)23(20,21)19-10-11-22-17(3,13-19)12-15(2)18(4)5/h6-9,15H,10-13H2,1-5H3/t15-,17+/m0/s1. The highest BCUT2D eigenvalue weighted by atomic mass is 32.2. The molecule has 1 aliphatic heterocycles. The highest BCUT2D eigenvalue weighted by Crippen LogP contribution is 2.28. The molecule has 0 unspecified atom stereocenters. The number of sulfonamides is 1. The number of hydrogen-bond donors (Lipinski definition) is 0. The van der Waals surface area contributed by atoms with Gasteiger partial charge in [0.2, 0.25) is 10.0 Å². The molecule has 6 heteroatoms. The third-order valence-corrected chi connectivity index (χ3v) is 6.43. The van der Waals surface area contributed by atoms with E-state index < -0.39 is 15.6 Å². The van der Waals surface area contributed by atoms with E-state index in [0.717, 1.165) is 12.0 Å². The van der Waals surface area contributed by atoms with E-state index in [4.69, 9.17) is 4.74 Å². The van der Waals surface area contributed by atoms with E-state index in [-0.39, 0.29) is 0 Å². The molecule has 130 valence electrons. The molecule has 0 radical (unpaired) electrons. The average Bonchev–Trinajstić information content (AvgIpc) is 2.47. The number of rotatable bonds is 5. The maximum atomic E-state index is 12.9. The number of morpholine rings is 1. The predicted octanol–water partition coefficient (Wildman–Crippen LogP) is 2.11. The smallest absolute Gasteiger partial charge is 0.243 e. The highest BCUT2D eigenvalue weighted by Gasteiger charge is 2.39. The summed E-state index contributed by atoms with van der Waals surface area (Å²) in [5.74, 6) is 0. The van der Waals surface area contributed by atoms with Crippen molar-refractivity contribution in [3.8, 4) is 0 Å². The van der Waals surface area contributed by atoms with Gasteiger partial charge in [-0.3, -0.25) is 0 Å². The van der Waals surface area contributed by atoms with Gasteiger partial charge in [0.1, 0.15) is 0 Å². The van der Waals surface area contributed by atoms with Crippen LogP contribution in [0, 0.1) is 6.92 Å². The van der Waals surface area contributed by atoms with Crippen molar-refractivity contribution in [1.82, 2.24) is 9.21 Å². The molecule has 1 heterocycles. The molecule has 1 aromatic carbocycles. The molecule has 0 amide bonds. The first-order valence-corrected chi connectivity index (χ1v) is 9.45. The molecule has 0 aromatic heterocycles. The normalized spacial score (nSPS) is 24.8. The lowest BCUT2D eigenvalue weighted by Crippen LogP contribution is -2.54. The zero-order valence-corrected chi connectivity index (χ0v) is 15.6. The van der Waals surface area contributed by atoms with Gasteiger partial charge in [-0.2, -0.15) is 4.31 Å². The average molecular weight is 340 g/mol. The number of benzene rings is 1. The molecule has 0 N–H and O–H groups in total. The van der Waals surface area contributed by atoms with Crippen LogP contribution < -0.4 is 0 Å². The Labute approximate surface area is 140 Å². The summed E-state index contributed by atoms with van der Waals surface area (Å²) in [7, 11) is 0.585. The van der Waals surface area contributed by atoms with E-state index in [1.807, 2.05) is 40.1 Å². The molecule has 2 atom stereocenters. The second-order valence-corrected chi connectivity index (χ2v) is 8.90. The Morgan fingerprint density at radius 3 is 2.48 bits per heavy atom. The van der Waals surface area contributed by atoms with Gasteiger partial charge >= 0.3 is 0 Å². The number of aryl methyl sites for hydroxylation is 1. The Morgan fingerprint density at radius 1 is 1.30 bits per heavy atom. The fraction of sp³-hybridized carbons (Fsp3) is 0.647. The molecule has 1 saturated heterocycles. The van der Waals surface area contributed by atoms with Gasteiger partial charge < -0.3 is 9.64 Å². The maximum absolute atomic E-state index is 12.9. The minimum absolute atomic E-state index is 0.321. The van der Waals surface area contributed by atoms with Crippen molar-refractivity contribution in [3.05, 3.63) is 29.8 Å². The van der Waals surface area contributed by atoms with Crippen LogP contribution in [0.2, 0.25) is 0 Å². The number of nitrogens with zero attached hydrogens (tertiary/aromatic N) is 2. The van der Waals surface area contributed by atoms with Gasteiger partial charge in [0, 0.05) is 19.1 Å². The second-order valence-electron chi connectivity index (χ2n) is 6.97. The first-order chi connectivity index (χ1) is 10.6. The molecule has 0 bridgehead atoms. The van der Waals surface area contributed by atoms with Crippen molar-refractivity contribution in [2.24, 2.45) is 0 Å². The Hall–Kier alpha value is -0.950. The summed E-state index contributed by atoms with van der Waals surface area (Å²) in [5, 5.41) is 0. The third kappa shape index (κ3) is 4.32. The Balaban J connectivity index is 2.18. The first-order valence-electron chi connectivity index (χ1n) is 8.01. The van der Waals surface area contributed by atoms with E-state index >= 15 is 0 Å². The van der Waals surface area contributed by atoms with Crippen LogP contribution in [0.15, 0.2) is 29.2 Å². The van der Waals surface area contributed by atoms with Gasteiger partial charge in [0.25, 0.3) is 0 Å². The number of hydrogen-bond acceptors (Lipinski definition) is 4. The van der Waals surface area contributed by atoms with Crippen LogP contribution in [-0.2, 0) is 14.8 Å². The maximum Gasteiger partial charge on any atom is 0.243 e. The van der Waals surface area contributed by atoms with E-state index in [1.54, 1.807) is 16.4 Å². The first kappa shape index (κ1) is 18.4. The van der Waals surface area contributed by atoms with Crippen LogP contribution in [0.5, 0.6) is 0 Å². The van der Waals surface area contributed by atoms with E-state index in [2.05, 4.69) is 11.8 Å². The van der Waals surface area contributed by atoms with Gasteiger partial charge in [-0.15, -0.1) is 0 Å². The van der Waals surface area contributed by atoms with E-state index in [9.17, 15) is 8.42 Å². The van der Waals surface area contributed by atoms with Crippen LogP contribution in [0.25, 0.3) is 0 Å². The highest BCUT2D eigenvalue weighted by molar-refractivity contribution is 7.89. The summed E-state index contributed by atoms with van der Waals surface area (Å²) in [5.41, 5.74) is 0.593. The minimum atomic E-state index is -3.47. The van der Waals surface area contributed by atoms with Crippen molar-refractivity contribution in [3.63, 3.8) is 0 Å². The number of ether oxygens (including phenoxy) is 1. The van der Waals surface area contributed by atoms with Crippen molar-refractivity contribution in [2.75, 3.05) is 33.8 Å². The van der Waals surface area contributed by atoms with Gasteiger partial charge in [0.15, 0.2) is 0 Å². The van der Waals surface area contributed by atoms with Crippen LogP contribution in [0.1, 0.15) is 25.8 Å². The molecule has 5 nitrogen and oxygen atoms in total. The predicted molar refractivity (Wildman–Crippen MR) is 92.1 cm³/mol. The molecule has 0 aliphatic carbocycles. The van der Waals surface area contributed by atoms with Gasteiger partial charge in [0.05, 0.1) is 17.1 Å². The third-order valence-electron chi connectivity index (χ3n) is 4.57. The molecule has 1 fully saturated rings. The Morgan fingerprint density at radius 2 is 1.91 bits per heavy atom. The summed E-state index contributed by atoms with van der Waals surface area (Å²) < 4.78 is 33.2. The molecule has 0 saturated carbocycles. The van der Waals surface area contributed by atoms with Crippen LogP contribution in [-0.4, -0.2) is 63.1 Å². The van der Waals surface area contributed by atoms with Gasteiger partial charge in [-0.25, -0.2) is 8.42 Å². The lowest BCUT2D eigenvalue weighted by atomic mass is 9.96. The van der Waals surface area contributed by atoms with Crippen molar-refractivity contribution >= 4 is 10.0 Å². The summed E-state index contributed by atoms with van der Waals surface area (Å²) in [4.78, 5) is 2.48. The van der Waals surface area contributed by atoms with Crippen LogP contribution in [0.4, 0.5) is 0 Å². The van der Waals surface area contributed by atoms with E-state index in [1.165, 1.54) is 0 Å². The molecular formula is C17H28N2O3S. The lowest BCUT2D eigenvalue weighted by molar-refractivity contribution is -0.0902. The summed E-state index contributed by atoms with van der Waals surface area (Å²) >= 11 is 0. The van der Waals surface area contributed by atoms with E-state index in [0.29, 0.717) is 30.6 Å². The molecule has 2 rings (SSSR count). The monoisotopic (exact) mass is 340 g/mol. The Bertz CT molecular complexity index is 628. The minimum Gasteiger partial charge on any atom is -0.372 e. The summed E-state index contributed by atoms with van der Waals surface area (Å²) in [6.45, 7) is 7.31. The molecule has 23 heavy (non-hydrogen) atoms. The Kier molecular flexibility index (Phi) is 5.51. The van der Waals surface area contributed by atoms with Crippen LogP contribution in [0.3, 0.4) is 0 Å². The largest absolute Gasteiger partial charge is 0.372 e. The molecule has 1 aliphatic rings. The lowest BCUT2D eigenvalue weighted by Gasteiger charge is -2.42. The second kappa shape index (κ2) is 6.89. The molecule has 1 aromatic rings. The van der Waals surface area contributed by atoms with Gasteiger partial charge in [-0.05, 0) is 53.4 Å². The summed E-state index contributed by atoms with van der Waals surface area (Å²) in [6, 6.07) is 7.35. The topological polar surface area (TPSA) is 49.9 Å². The fourth-order valence-corrected chi connectivity index (χ4v) is 4.42. The van der Waals surface area contributed by atoms with Crippen molar-refractivity contribution in [2.45, 2.75) is 43.7 Å². The zero-order chi connectivity index (χ0) is 17.3.